The lowest BCUT2D eigenvalue weighted by atomic mass is 10.2. The molecule has 3 rings (SSSR count). The molecule has 0 fully saturated rings. The highest BCUT2D eigenvalue weighted by Crippen LogP contribution is 2.16. The molecule has 2 N–H and O–H groups in total. The summed E-state index contributed by atoms with van der Waals surface area (Å²) in [5.41, 5.74) is 2.70. The minimum Gasteiger partial charge on any atom is -0.322 e. The fraction of sp³-hybridized carbons (Fsp3) is 0. The maximum Gasteiger partial charge on any atom is 0.255 e. The molecule has 3 aromatic rings. The average molecular weight is 317 g/mol. The van der Waals surface area contributed by atoms with E-state index in [4.69, 9.17) is 0 Å². The van der Waals surface area contributed by atoms with E-state index in [0.717, 1.165) is 15.7 Å². The molecular formula is C13H9BrN4O. The van der Waals surface area contributed by atoms with E-state index in [1.165, 1.54) is 0 Å². The van der Waals surface area contributed by atoms with Gasteiger partial charge >= 0.3 is 0 Å². The lowest BCUT2D eigenvalue weighted by Gasteiger charge is -2.05. The van der Waals surface area contributed by atoms with Gasteiger partial charge in [0, 0.05) is 15.7 Å². The molecule has 1 amide bonds. The summed E-state index contributed by atoms with van der Waals surface area (Å²) in [7, 11) is 0. The quantitative estimate of drug-likeness (QED) is 0.763. The van der Waals surface area contributed by atoms with Crippen LogP contribution in [0.5, 0.6) is 0 Å². The number of hydrogen-bond acceptors (Lipinski definition) is 3. The number of nitrogens with zero attached hydrogens (tertiary/aromatic N) is 2. The van der Waals surface area contributed by atoms with Gasteiger partial charge in [0.05, 0.1) is 0 Å². The normalized spacial score (nSPS) is 10.6. The Labute approximate surface area is 117 Å². The first kappa shape index (κ1) is 11.9. The topological polar surface area (TPSA) is 70.7 Å². The van der Waals surface area contributed by atoms with E-state index in [1.54, 1.807) is 18.2 Å². The summed E-state index contributed by atoms with van der Waals surface area (Å²) in [6.45, 7) is 0. The molecule has 5 nitrogen and oxygen atoms in total. The Morgan fingerprint density at radius 2 is 1.79 bits per heavy atom. The number of aromatic amines is 1. The van der Waals surface area contributed by atoms with Crippen LogP contribution in [0.4, 0.5) is 5.69 Å². The summed E-state index contributed by atoms with van der Waals surface area (Å²) >= 11 is 3.35. The average Bonchev–Trinajstić information content (AvgIpc) is 2.88. The van der Waals surface area contributed by atoms with Gasteiger partial charge < -0.3 is 5.32 Å². The van der Waals surface area contributed by atoms with Gasteiger partial charge in [-0.25, -0.2) is 0 Å². The number of rotatable bonds is 2. The van der Waals surface area contributed by atoms with E-state index in [2.05, 4.69) is 36.7 Å². The third-order valence-electron chi connectivity index (χ3n) is 2.68. The Bertz CT molecular complexity index is 736. The first-order chi connectivity index (χ1) is 9.22. The Hall–Kier alpha value is -2.21. The van der Waals surface area contributed by atoms with Crippen LogP contribution >= 0.6 is 15.9 Å². The summed E-state index contributed by atoms with van der Waals surface area (Å²) in [4.78, 5) is 12.1. The Morgan fingerprint density at radius 3 is 2.58 bits per heavy atom. The predicted octanol–water partition coefficient (Wildman–Crippen LogP) is 2.97. The molecule has 6 heteroatoms. The maximum atomic E-state index is 12.1. The molecule has 94 valence electrons. The number of nitrogens with one attached hydrogen (secondary N) is 2. The zero-order chi connectivity index (χ0) is 13.2. The fourth-order valence-corrected chi connectivity index (χ4v) is 1.98. The number of H-pyrrole nitrogens is 1. The molecule has 0 atom stereocenters. The third kappa shape index (κ3) is 2.48. The molecule has 0 aliphatic heterocycles. The Kier molecular flexibility index (Phi) is 3.00. The minimum atomic E-state index is -0.174. The van der Waals surface area contributed by atoms with Gasteiger partial charge in [0.2, 0.25) is 0 Å². The van der Waals surface area contributed by atoms with Gasteiger partial charge in [-0.1, -0.05) is 15.9 Å². The standard InChI is InChI=1S/C13H9BrN4O/c14-9-2-4-10(5-3-9)15-13(19)8-1-6-11-12(7-8)17-18-16-11/h1-7H,(H,15,19)(H,16,17,18). The SMILES string of the molecule is O=C(Nc1ccc(Br)cc1)c1ccc2n[nH]nc2c1. The number of fused-ring (bicyclic) bond motifs is 1. The molecule has 0 aliphatic rings. The van der Waals surface area contributed by atoms with Crippen molar-refractivity contribution in [3.63, 3.8) is 0 Å². The van der Waals surface area contributed by atoms with Gasteiger partial charge in [0.1, 0.15) is 11.0 Å². The number of benzene rings is 2. The van der Waals surface area contributed by atoms with Gasteiger partial charge in [0.15, 0.2) is 0 Å². The molecule has 0 aliphatic carbocycles. The van der Waals surface area contributed by atoms with Crippen LogP contribution in [-0.2, 0) is 0 Å². The smallest absolute Gasteiger partial charge is 0.255 e. The van der Waals surface area contributed by atoms with Crippen LogP contribution in [0.25, 0.3) is 11.0 Å². The van der Waals surface area contributed by atoms with Crippen molar-refractivity contribution < 1.29 is 4.79 Å². The molecular weight excluding hydrogens is 308 g/mol. The first-order valence-electron chi connectivity index (χ1n) is 5.60. The lowest BCUT2D eigenvalue weighted by molar-refractivity contribution is 0.102. The van der Waals surface area contributed by atoms with E-state index in [9.17, 15) is 4.79 Å². The van der Waals surface area contributed by atoms with Crippen molar-refractivity contribution in [3.8, 4) is 0 Å². The number of carbonyl (C=O) groups is 1. The second-order valence-corrected chi connectivity index (χ2v) is 4.90. The van der Waals surface area contributed by atoms with Crippen LogP contribution in [0.3, 0.4) is 0 Å². The molecule has 0 saturated carbocycles. The van der Waals surface area contributed by atoms with Crippen molar-refractivity contribution in [1.82, 2.24) is 15.4 Å². The molecule has 0 unspecified atom stereocenters. The van der Waals surface area contributed by atoms with Gasteiger partial charge in [-0.3, -0.25) is 4.79 Å². The second kappa shape index (κ2) is 4.81. The van der Waals surface area contributed by atoms with Crippen molar-refractivity contribution in [2.24, 2.45) is 0 Å². The van der Waals surface area contributed by atoms with Crippen molar-refractivity contribution in [1.29, 1.82) is 0 Å². The van der Waals surface area contributed by atoms with Gasteiger partial charge in [-0.15, -0.1) is 0 Å². The maximum absolute atomic E-state index is 12.1. The zero-order valence-corrected chi connectivity index (χ0v) is 11.3. The predicted molar refractivity (Wildman–Crippen MR) is 76.0 cm³/mol. The summed E-state index contributed by atoms with van der Waals surface area (Å²) in [5, 5.41) is 13.2. The molecule has 0 spiro atoms. The van der Waals surface area contributed by atoms with E-state index < -0.39 is 0 Å². The first-order valence-corrected chi connectivity index (χ1v) is 6.39. The molecule has 0 bridgehead atoms. The molecule has 19 heavy (non-hydrogen) atoms. The largest absolute Gasteiger partial charge is 0.322 e. The zero-order valence-electron chi connectivity index (χ0n) is 9.72. The highest BCUT2D eigenvalue weighted by Gasteiger charge is 2.08. The highest BCUT2D eigenvalue weighted by atomic mass is 79.9. The number of hydrogen-bond donors (Lipinski definition) is 2. The third-order valence-corrected chi connectivity index (χ3v) is 3.21. The van der Waals surface area contributed by atoms with E-state index in [-0.39, 0.29) is 5.91 Å². The van der Waals surface area contributed by atoms with Crippen LogP contribution in [0.1, 0.15) is 10.4 Å². The van der Waals surface area contributed by atoms with Crippen LogP contribution in [0.15, 0.2) is 46.9 Å². The van der Waals surface area contributed by atoms with E-state index >= 15 is 0 Å². The highest BCUT2D eigenvalue weighted by molar-refractivity contribution is 9.10. The number of halogens is 1. The van der Waals surface area contributed by atoms with Crippen molar-refractivity contribution >= 4 is 38.6 Å². The van der Waals surface area contributed by atoms with Crippen molar-refractivity contribution in [2.45, 2.75) is 0 Å². The van der Waals surface area contributed by atoms with Crippen molar-refractivity contribution in [2.75, 3.05) is 5.32 Å². The summed E-state index contributed by atoms with van der Waals surface area (Å²) < 4.78 is 0.967. The summed E-state index contributed by atoms with van der Waals surface area (Å²) in [6.07, 6.45) is 0. The van der Waals surface area contributed by atoms with Gasteiger partial charge in [-0.05, 0) is 42.5 Å². The van der Waals surface area contributed by atoms with Crippen LogP contribution < -0.4 is 5.32 Å². The molecule has 2 aromatic carbocycles. The Balaban J connectivity index is 1.84. The minimum absolute atomic E-state index is 0.174. The number of amides is 1. The van der Waals surface area contributed by atoms with E-state index in [0.29, 0.717) is 11.1 Å². The van der Waals surface area contributed by atoms with Crippen LogP contribution in [0.2, 0.25) is 0 Å². The Morgan fingerprint density at radius 1 is 1.05 bits per heavy atom. The lowest BCUT2D eigenvalue weighted by Crippen LogP contribution is -2.11. The van der Waals surface area contributed by atoms with Crippen molar-refractivity contribution in [3.05, 3.63) is 52.5 Å². The molecule has 0 saturated heterocycles. The second-order valence-electron chi connectivity index (χ2n) is 3.99. The monoisotopic (exact) mass is 316 g/mol. The summed E-state index contributed by atoms with van der Waals surface area (Å²) in [6, 6.07) is 12.6. The number of carbonyl (C=O) groups excluding carboxylic acids is 1. The van der Waals surface area contributed by atoms with Gasteiger partial charge in [0.25, 0.3) is 5.91 Å². The van der Waals surface area contributed by atoms with E-state index in [1.807, 2.05) is 24.3 Å². The molecule has 1 heterocycles. The van der Waals surface area contributed by atoms with Crippen LogP contribution in [-0.4, -0.2) is 21.3 Å². The summed E-state index contributed by atoms with van der Waals surface area (Å²) in [5.74, 6) is -0.174. The molecule has 1 aromatic heterocycles. The fourth-order valence-electron chi connectivity index (χ4n) is 1.72. The van der Waals surface area contributed by atoms with Crippen LogP contribution in [0, 0.1) is 0 Å². The van der Waals surface area contributed by atoms with Gasteiger partial charge in [-0.2, -0.15) is 15.4 Å². The number of anilines is 1. The molecule has 0 radical (unpaired) electrons. The number of aromatic nitrogens is 3.